The largest absolute Gasteiger partial charge is 0.208 e. The van der Waals surface area contributed by atoms with Gasteiger partial charge in [0.15, 0.2) is 23.3 Å². The van der Waals surface area contributed by atoms with Crippen molar-refractivity contribution in [3.05, 3.63) is 167 Å². The Labute approximate surface area is 543 Å². The summed E-state index contributed by atoms with van der Waals surface area (Å²) in [6.45, 7) is 13.8. The highest BCUT2D eigenvalue weighted by Gasteiger charge is 2.44. The average molecular weight is 1200 g/mol. The van der Waals surface area contributed by atoms with Crippen molar-refractivity contribution in [2.75, 3.05) is 0 Å². The lowest BCUT2D eigenvalue weighted by Crippen LogP contribution is -2.25. The molecule has 0 bridgehead atoms. The first-order valence-electron chi connectivity index (χ1n) is 36.6. The van der Waals surface area contributed by atoms with E-state index < -0.39 is 0 Å². The van der Waals surface area contributed by atoms with Crippen molar-refractivity contribution in [3.63, 3.8) is 0 Å². The summed E-state index contributed by atoms with van der Waals surface area (Å²) in [5, 5.41) is 0. The molecule has 2 aliphatic carbocycles. The fraction of sp³-hybridized carbons (Fsp3) is 0.500. The summed E-state index contributed by atoms with van der Waals surface area (Å²) in [4.78, 5) is 33.0. The van der Waals surface area contributed by atoms with E-state index in [4.69, 9.17) is 29.9 Å². The number of aromatic nitrogens is 6. The highest BCUT2D eigenvalue weighted by Crippen LogP contribution is 2.57. The van der Waals surface area contributed by atoms with E-state index in [1.54, 1.807) is 0 Å². The van der Waals surface area contributed by atoms with Crippen LogP contribution < -0.4 is 0 Å². The van der Waals surface area contributed by atoms with Crippen molar-refractivity contribution in [1.82, 2.24) is 29.9 Å². The van der Waals surface area contributed by atoms with E-state index in [-0.39, 0.29) is 10.8 Å². The van der Waals surface area contributed by atoms with Gasteiger partial charge in [-0.2, -0.15) is 0 Å². The van der Waals surface area contributed by atoms with E-state index in [1.165, 1.54) is 210 Å². The van der Waals surface area contributed by atoms with Crippen molar-refractivity contribution >= 4 is 0 Å². The zero-order valence-corrected chi connectivity index (χ0v) is 56.4. The van der Waals surface area contributed by atoms with E-state index >= 15 is 0 Å². The minimum Gasteiger partial charge on any atom is -0.208 e. The predicted molar refractivity (Wildman–Crippen MR) is 382 cm³/mol. The van der Waals surface area contributed by atoms with Gasteiger partial charge in [0, 0.05) is 33.1 Å². The molecule has 2 aliphatic rings. The summed E-state index contributed by atoms with van der Waals surface area (Å²) < 4.78 is 0. The summed E-state index contributed by atoms with van der Waals surface area (Å²) in [5.74, 6) is 3.45. The maximum atomic E-state index is 5.56. The van der Waals surface area contributed by atoms with Crippen molar-refractivity contribution in [2.24, 2.45) is 0 Å². The minimum absolute atomic E-state index is 0.0906. The molecular formula is C84H108N6. The van der Waals surface area contributed by atoms with Crippen LogP contribution in [-0.2, 0) is 23.7 Å². The Morgan fingerprint density at radius 2 is 0.500 bits per heavy atom. The Hall–Kier alpha value is -6.66. The Morgan fingerprint density at radius 3 is 0.833 bits per heavy atom. The molecule has 0 unspecified atom stereocenters. The number of nitrogens with zero attached hydrogens (tertiary/aromatic N) is 6. The summed E-state index contributed by atoms with van der Waals surface area (Å²) in [6.07, 6.45) is 42.1. The summed E-state index contributed by atoms with van der Waals surface area (Å²) >= 11 is 0. The van der Waals surface area contributed by atoms with Crippen LogP contribution in [0.15, 0.2) is 133 Å². The molecule has 0 aliphatic heterocycles. The molecule has 10 rings (SSSR count). The second-order valence-electron chi connectivity index (χ2n) is 27.1. The molecule has 2 aromatic heterocycles. The first-order valence-corrected chi connectivity index (χ1v) is 36.6. The lowest BCUT2D eigenvalue weighted by atomic mass is 9.70. The molecule has 2 heterocycles. The molecule has 6 heteroatoms. The normalized spacial score (nSPS) is 13.4. The number of fused-ring (bicyclic) bond motifs is 6. The second-order valence-corrected chi connectivity index (χ2v) is 27.1. The van der Waals surface area contributed by atoms with Crippen molar-refractivity contribution in [1.29, 1.82) is 0 Å². The van der Waals surface area contributed by atoms with Gasteiger partial charge in [-0.3, -0.25) is 0 Å². The number of aryl methyl sites for hydroxylation is 2. The Kier molecular flexibility index (Phi) is 24.7. The molecule has 0 saturated heterocycles. The van der Waals surface area contributed by atoms with Crippen molar-refractivity contribution < 1.29 is 0 Å². The maximum absolute atomic E-state index is 5.56. The van der Waals surface area contributed by atoms with Gasteiger partial charge in [0.1, 0.15) is 0 Å². The van der Waals surface area contributed by atoms with Crippen LogP contribution in [0.3, 0.4) is 0 Å². The van der Waals surface area contributed by atoms with E-state index in [2.05, 4.69) is 175 Å². The molecule has 8 aromatic rings. The first-order chi connectivity index (χ1) is 44.4. The molecule has 0 spiro atoms. The van der Waals surface area contributed by atoms with E-state index in [0.717, 1.165) is 86.5 Å². The topological polar surface area (TPSA) is 77.3 Å². The number of rotatable bonds is 39. The van der Waals surface area contributed by atoms with Gasteiger partial charge >= 0.3 is 0 Å². The van der Waals surface area contributed by atoms with Crippen LogP contribution in [0.1, 0.15) is 280 Å². The Morgan fingerprint density at radius 1 is 0.233 bits per heavy atom. The third kappa shape index (κ3) is 16.0. The van der Waals surface area contributed by atoms with E-state index in [0.29, 0.717) is 34.9 Å². The molecule has 90 heavy (non-hydrogen) atoms. The molecule has 6 nitrogen and oxygen atoms in total. The maximum Gasteiger partial charge on any atom is 0.202 e. The Balaban J connectivity index is 1.12. The molecule has 0 fully saturated rings. The SMILES string of the molecule is CCCCCCCCC1(CCCCCCCC)c2ccccc2-c2ccc(-c3nc(-c4ccc(CCCC)cc4)nc(-c4nc(-c5ccc(CCCC)cc5)nc(-c5ccc6c(c5)C(CCCCCCCC)(CCCCCCCC)c5ccccc5-6)n4)n3)cc21. The smallest absolute Gasteiger partial charge is 0.202 e. The van der Waals surface area contributed by atoms with Crippen LogP contribution in [0, 0.1) is 0 Å². The van der Waals surface area contributed by atoms with Gasteiger partial charge < -0.3 is 0 Å². The summed E-state index contributed by atoms with van der Waals surface area (Å²) in [7, 11) is 0. The van der Waals surface area contributed by atoms with Gasteiger partial charge in [-0.15, -0.1) is 0 Å². The zero-order valence-electron chi connectivity index (χ0n) is 56.4. The zero-order chi connectivity index (χ0) is 62.4. The molecule has 0 N–H and O–H groups in total. The number of hydrogen-bond donors (Lipinski definition) is 0. The standard InChI is InChI=1S/C84H108N6/c1-7-13-19-23-27-35-57-83(58-36-28-24-20-14-8-2)73-43-33-31-41-69(73)71-55-53-67(61-75(71)83)79-85-77(65-49-45-63(46-50-65)39-17-11-5)87-81(89-79)82-88-78(66-51-47-64(48-52-66)40-18-12-6)86-80(90-82)68-54-56-72-70-42-32-34-44-74(70)84(76(72)62-68,59-37-29-25-21-15-9-3)60-38-30-26-22-16-10-4/h31-34,41-56,61-62H,7-30,35-40,57-60H2,1-6H3. The van der Waals surface area contributed by atoms with Crippen LogP contribution in [0.2, 0.25) is 0 Å². The monoisotopic (exact) mass is 1200 g/mol. The highest BCUT2D eigenvalue weighted by atomic mass is 15.1. The van der Waals surface area contributed by atoms with Crippen LogP contribution in [0.5, 0.6) is 0 Å². The second kappa shape index (κ2) is 33.6. The van der Waals surface area contributed by atoms with Crippen molar-refractivity contribution in [2.45, 2.75) is 271 Å². The molecule has 0 radical (unpaired) electrons. The Bertz CT molecular complexity index is 3240. The van der Waals surface area contributed by atoms with Gasteiger partial charge in [0.05, 0.1) is 0 Å². The van der Waals surface area contributed by atoms with Gasteiger partial charge in [-0.1, -0.05) is 330 Å². The lowest BCUT2D eigenvalue weighted by Gasteiger charge is -2.33. The van der Waals surface area contributed by atoms with E-state index in [1.807, 2.05) is 0 Å². The lowest BCUT2D eigenvalue weighted by molar-refractivity contribution is 0.398. The number of hydrogen-bond acceptors (Lipinski definition) is 6. The molecule has 0 amide bonds. The fourth-order valence-corrected chi connectivity index (χ4v) is 15.2. The molecule has 474 valence electrons. The quantitative estimate of drug-likeness (QED) is 0.0357. The number of benzene rings is 6. The summed E-state index contributed by atoms with van der Waals surface area (Å²) in [5.41, 5.74) is 17.7. The first kappa shape index (κ1) is 66.3. The van der Waals surface area contributed by atoms with Crippen LogP contribution >= 0.6 is 0 Å². The van der Waals surface area contributed by atoms with Gasteiger partial charge in [0.25, 0.3) is 0 Å². The fourth-order valence-electron chi connectivity index (χ4n) is 15.2. The third-order valence-electron chi connectivity index (χ3n) is 20.4. The van der Waals surface area contributed by atoms with E-state index in [9.17, 15) is 0 Å². The van der Waals surface area contributed by atoms with Crippen LogP contribution in [0.4, 0.5) is 0 Å². The molecule has 0 saturated carbocycles. The molecule has 6 aromatic carbocycles. The van der Waals surface area contributed by atoms with Crippen molar-refractivity contribution in [3.8, 4) is 79.5 Å². The molecule has 0 atom stereocenters. The van der Waals surface area contributed by atoms with Crippen LogP contribution in [-0.4, -0.2) is 29.9 Å². The highest BCUT2D eigenvalue weighted by molar-refractivity contribution is 5.85. The predicted octanol–water partition coefficient (Wildman–Crippen LogP) is 24.6. The van der Waals surface area contributed by atoms with Gasteiger partial charge in [-0.25, -0.2) is 29.9 Å². The number of unbranched alkanes of at least 4 members (excludes halogenated alkanes) is 22. The summed E-state index contributed by atoms with van der Waals surface area (Å²) in [6, 6.07) is 50.8. The molecular weight excluding hydrogens is 1090 g/mol. The minimum atomic E-state index is -0.0906. The van der Waals surface area contributed by atoms with Gasteiger partial charge in [0.2, 0.25) is 11.6 Å². The van der Waals surface area contributed by atoms with Gasteiger partial charge in [-0.05, 0) is 119 Å². The van der Waals surface area contributed by atoms with Crippen LogP contribution in [0.25, 0.3) is 79.5 Å². The average Bonchev–Trinajstić information content (AvgIpc) is 1.57. The third-order valence-corrected chi connectivity index (χ3v) is 20.4.